The normalized spacial score (nSPS) is 11.5. The summed E-state index contributed by atoms with van der Waals surface area (Å²) in [5.74, 6) is -0.200. The molecule has 2 N–H and O–H groups in total. The Morgan fingerprint density at radius 1 is 1.38 bits per heavy atom. The number of pyridine rings is 1. The third-order valence-electron chi connectivity index (χ3n) is 3.41. The number of carbonyl (C=O) groups excluding carboxylic acids is 1. The molecule has 21 heavy (non-hydrogen) atoms. The summed E-state index contributed by atoms with van der Waals surface area (Å²) in [6.45, 7) is 1.93. The standard InChI is InChI=1S/C16H16N4O/c1-11(13-4-3-5-14(18)8-13)20(2)16(21)15-7-6-12(9-17)10-19-15/h3-8,10-11H,18H2,1-2H3. The van der Waals surface area contributed by atoms with Crippen LogP contribution in [0.4, 0.5) is 5.69 Å². The highest BCUT2D eigenvalue weighted by Gasteiger charge is 2.20. The Bertz CT molecular complexity index is 688. The molecule has 0 bridgehead atoms. The molecule has 106 valence electrons. The van der Waals surface area contributed by atoms with Crippen LogP contribution >= 0.6 is 0 Å². The lowest BCUT2D eigenvalue weighted by Gasteiger charge is -2.25. The summed E-state index contributed by atoms with van der Waals surface area (Å²) in [6, 6.07) is 12.4. The van der Waals surface area contributed by atoms with Crippen LogP contribution in [-0.4, -0.2) is 22.8 Å². The fourth-order valence-corrected chi connectivity index (χ4v) is 1.99. The van der Waals surface area contributed by atoms with Crippen LogP contribution in [0, 0.1) is 11.3 Å². The van der Waals surface area contributed by atoms with Crippen molar-refractivity contribution in [3.05, 3.63) is 59.4 Å². The number of aromatic nitrogens is 1. The molecular weight excluding hydrogens is 264 g/mol. The van der Waals surface area contributed by atoms with E-state index >= 15 is 0 Å². The summed E-state index contributed by atoms with van der Waals surface area (Å²) >= 11 is 0. The van der Waals surface area contributed by atoms with Crippen LogP contribution in [0.3, 0.4) is 0 Å². The van der Waals surface area contributed by atoms with Crippen molar-refractivity contribution in [3.63, 3.8) is 0 Å². The van der Waals surface area contributed by atoms with Crippen LogP contribution in [0.25, 0.3) is 0 Å². The van der Waals surface area contributed by atoms with Crippen LogP contribution in [0.15, 0.2) is 42.6 Å². The van der Waals surface area contributed by atoms with Gasteiger partial charge in [-0.3, -0.25) is 4.79 Å². The third-order valence-corrected chi connectivity index (χ3v) is 3.41. The van der Waals surface area contributed by atoms with Crippen molar-refractivity contribution >= 4 is 11.6 Å². The molecule has 1 amide bonds. The van der Waals surface area contributed by atoms with E-state index in [1.54, 1.807) is 30.1 Å². The van der Waals surface area contributed by atoms with Crippen LogP contribution < -0.4 is 5.73 Å². The minimum Gasteiger partial charge on any atom is -0.399 e. The number of hydrogen-bond acceptors (Lipinski definition) is 4. The second kappa shape index (κ2) is 6.06. The van der Waals surface area contributed by atoms with Gasteiger partial charge in [0.05, 0.1) is 11.6 Å². The third kappa shape index (κ3) is 3.18. The zero-order valence-corrected chi connectivity index (χ0v) is 11.9. The predicted molar refractivity (Wildman–Crippen MR) is 80.3 cm³/mol. The smallest absolute Gasteiger partial charge is 0.272 e. The predicted octanol–water partition coefficient (Wildman–Crippen LogP) is 2.37. The number of nitrogens with zero attached hydrogens (tertiary/aromatic N) is 3. The molecule has 2 rings (SSSR count). The van der Waals surface area contributed by atoms with E-state index in [-0.39, 0.29) is 11.9 Å². The molecule has 2 aromatic rings. The van der Waals surface area contributed by atoms with Crippen molar-refractivity contribution in [2.75, 3.05) is 12.8 Å². The van der Waals surface area contributed by atoms with Crippen molar-refractivity contribution in [3.8, 4) is 6.07 Å². The first kappa shape index (κ1) is 14.5. The summed E-state index contributed by atoms with van der Waals surface area (Å²) < 4.78 is 0. The highest BCUT2D eigenvalue weighted by Crippen LogP contribution is 2.22. The first-order valence-electron chi connectivity index (χ1n) is 6.51. The molecule has 1 heterocycles. The number of benzene rings is 1. The minimum atomic E-state index is -0.200. The molecule has 0 saturated carbocycles. The summed E-state index contributed by atoms with van der Waals surface area (Å²) in [6.07, 6.45) is 1.40. The minimum absolute atomic E-state index is 0.126. The van der Waals surface area contributed by atoms with Gasteiger partial charge in [-0.1, -0.05) is 12.1 Å². The maximum Gasteiger partial charge on any atom is 0.272 e. The molecule has 0 aliphatic rings. The topological polar surface area (TPSA) is 83.0 Å². The number of nitriles is 1. The van der Waals surface area contributed by atoms with Gasteiger partial charge in [0.1, 0.15) is 11.8 Å². The molecule has 0 saturated heterocycles. The molecular formula is C16H16N4O. The van der Waals surface area contributed by atoms with Gasteiger partial charge in [-0.05, 0) is 36.8 Å². The molecule has 0 radical (unpaired) electrons. The van der Waals surface area contributed by atoms with E-state index in [0.717, 1.165) is 5.56 Å². The van der Waals surface area contributed by atoms with Crippen molar-refractivity contribution in [2.45, 2.75) is 13.0 Å². The average Bonchev–Trinajstić information content (AvgIpc) is 2.53. The highest BCUT2D eigenvalue weighted by molar-refractivity contribution is 5.92. The largest absolute Gasteiger partial charge is 0.399 e. The van der Waals surface area contributed by atoms with Crippen LogP contribution in [0.2, 0.25) is 0 Å². The molecule has 0 aliphatic carbocycles. The van der Waals surface area contributed by atoms with Gasteiger partial charge < -0.3 is 10.6 Å². The van der Waals surface area contributed by atoms with Gasteiger partial charge in [-0.2, -0.15) is 5.26 Å². The monoisotopic (exact) mass is 280 g/mol. The van der Waals surface area contributed by atoms with E-state index in [1.165, 1.54) is 6.20 Å². The number of carbonyl (C=O) groups is 1. The molecule has 0 fully saturated rings. The fourth-order valence-electron chi connectivity index (χ4n) is 1.99. The maximum atomic E-state index is 12.4. The fraction of sp³-hybridized carbons (Fsp3) is 0.188. The van der Waals surface area contributed by atoms with Crippen LogP contribution in [-0.2, 0) is 0 Å². The zero-order valence-electron chi connectivity index (χ0n) is 11.9. The van der Waals surface area contributed by atoms with Gasteiger partial charge >= 0.3 is 0 Å². The molecule has 1 unspecified atom stereocenters. The van der Waals surface area contributed by atoms with Crippen LogP contribution in [0.5, 0.6) is 0 Å². The second-order valence-electron chi connectivity index (χ2n) is 4.81. The Balaban J connectivity index is 2.20. The summed E-state index contributed by atoms with van der Waals surface area (Å²) in [5, 5.41) is 8.74. The number of hydrogen-bond donors (Lipinski definition) is 1. The number of rotatable bonds is 3. The Hall–Kier alpha value is -2.87. The first-order chi connectivity index (χ1) is 10.0. The zero-order chi connectivity index (χ0) is 15.4. The van der Waals surface area contributed by atoms with Gasteiger partial charge in [0.2, 0.25) is 0 Å². The highest BCUT2D eigenvalue weighted by atomic mass is 16.2. The Morgan fingerprint density at radius 3 is 2.71 bits per heavy atom. The average molecular weight is 280 g/mol. The van der Waals surface area contributed by atoms with Crippen LogP contribution in [0.1, 0.15) is 34.6 Å². The molecule has 5 nitrogen and oxygen atoms in total. The van der Waals surface area contributed by atoms with Crippen molar-refractivity contribution in [2.24, 2.45) is 0 Å². The lowest BCUT2D eigenvalue weighted by Crippen LogP contribution is -2.30. The van der Waals surface area contributed by atoms with Gasteiger partial charge in [0.25, 0.3) is 5.91 Å². The Kier molecular flexibility index (Phi) is 4.19. The van der Waals surface area contributed by atoms with Crippen molar-refractivity contribution < 1.29 is 4.79 Å². The number of amides is 1. The van der Waals surface area contributed by atoms with Gasteiger partial charge in [-0.25, -0.2) is 4.98 Å². The second-order valence-corrected chi connectivity index (χ2v) is 4.81. The molecule has 1 aromatic carbocycles. The number of nitrogens with two attached hydrogens (primary N) is 1. The van der Waals surface area contributed by atoms with E-state index in [2.05, 4.69) is 4.98 Å². The first-order valence-corrected chi connectivity index (χ1v) is 6.51. The lowest BCUT2D eigenvalue weighted by atomic mass is 10.1. The molecule has 1 aromatic heterocycles. The summed E-state index contributed by atoms with van der Waals surface area (Å²) in [4.78, 5) is 18.0. The summed E-state index contributed by atoms with van der Waals surface area (Å²) in [7, 11) is 1.72. The van der Waals surface area contributed by atoms with E-state index in [4.69, 9.17) is 11.0 Å². The van der Waals surface area contributed by atoms with Gasteiger partial charge in [-0.15, -0.1) is 0 Å². The van der Waals surface area contributed by atoms with E-state index < -0.39 is 0 Å². The van der Waals surface area contributed by atoms with E-state index in [1.807, 2.05) is 31.2 Å². The molecule has 0 aliphatic heterocycles. The quantitative estimate of drug-likeness (QED) is 0.875. The molecule has 1 atom stereocenters. The van der Waals surface area contributed by atoms with Crippen molar-refractivity contribution in [1.29, 1.82) is 5.26 Å². The SMILES string of the molecule is CC(c1cccc(N)c1)N(C)C(=O)c1ccc(C#N)cn1. The Labute approximate surface area is 123 Å². The Morgan fingerprint density at radius 2 is 2.14 bits per heavy atom. The van der Waals surface area contributed by atoms with Crippen molar-refractivity contribution in [1.82, 2.24) is 9.88 Å². The summed E-state index contributed by atoms with van der Waals surface area (Å²) in [5.41, 5.74) is 8.13. The van der Waals surface area contributed by atoms with E-state index in [9.17, 15) is 4.79 Å². The molecule has 5 heteroatoms. The number of nitrogen functional groups attached to an aromatic ring is 1. The molecule has 0 spiro atoms. The number of anilines is 1. The maximum absolute atomic E-state index is 12.4. The van der Waals surface area contributed by atoms with Gasteiger partial charge in [0.15, 0.2) is 0 Å². The lowest BCUT2D eigenvalue weighted by molar-refractivity contribution is 0.0736. The van der Waals surface area contributed by atoms with E-state index in [0.29, 0.717) is 16.9 Å². The van der Waals surface area contributed by atoms with Gasteiger partial charge in [0, 0.05) is 18.9 Å².